The summed E-state index contributed by atoms with van der Waals surface area (Å²) in [6.07, 6.45) is 9.70. The average molecular weight is 535 g/mol. The molecular formula is C27H23ClN4O2S2. The van der Waals surface area contributed by atoms with Crippen LogP contribution in [0, 0.1) is 0 Å². The Kier molecular flexibility index (Phi) is 7.36. The van der Waals surface area contributed by atoms with Gasteiger partial charge in [-0.1, -0.05) is 54.1 Å². The van der Waals surface area contributed by atoms with Gasteiger partial charge >= 0.3 is 6.03 Å². The van der Waals surface area contributed by atoms with Crippen LogP contribution < -0.4 is 15.5 Å². The van der Waals surface area contributed by atoms with Gasteiger partial charge in [-0.3, -0.25) is 9.69 Å². The zero-order valence-corrected chi connectivity index (χ0v) is 21.7. The predicted octanol–water partition coefficient (Wildman–Crippen LogP) is 6.86. The Morgan fingerprint density at radius 1 is 1.06 bits per heavy atom. The lowest BCUT2D eigenvalue weighted by molar-refractivity contribution is -0.115. The number of amides is 3. The van der Waals surface area contributed by atoms with E-state index < -0.39 is 0 Å². The first kappa shape index (κ1) is 24.5. The van der Waals surface area contributed by atoms with Crippen molar-refractivity contribution in [2.75, 3.05) is 15.5 Å². The van der Waals surface area contributed by atoms with Gasteiger partial charge in [-0.2, -0.15) is 0 Å². The molecule has 182 valence electrons. The highest BCUT2D eigenvalue weighted by atomic mass is 35.5. The third kappa shape index (κ3) is 5.46. The Balaban J connectivity index is 1.28. The van der Waals surface area contributed by atoms with Crippen LogP contribution in [0.15, 0.2) is 101 Å². The van der Waals surface area contributed by atoms with Crippen LogP contribution in [0.4, 0.5) is 22.0 Å². The van der Waals surface area contributed by atoms with Crippen molar-refractivity contribution in [2.45, 2.75) is 33.3 Å². The second-order valence-electron chi connectivity index (χ2n) is 8.25. The minimum atomic E-state index is -0.376. The maximum Gasteiger partial charge on any atom is 0.326 e. The minimum Gasteiger partial charge on any atom is -0.310 e. The number of pyridine rings is 1. The van der Waals surface area contributed by atoms with Crippen molar-refractivity contribution in [1.29, 1.82) is 0 Å². The predicted molar refractivity (Wildman–Crippen MR) is 149 cm³/mol. The molecule has 6 nitrogen and oxygen atoms in total. The van der Waals surface area contributed by atoms with Crippen LogP contribution in [0.5, 0.6) is 0 Å². The fraction of sp³-hybridized carbons (Fsp3) is 0.148. The fourth-order valence-corrected chi connectivity index (χ4v) is 6.29. The summed E-state index contributed by atoms with van der Waals surface area (Å²) in [6, 6.07) is 18.6. The molecule has 0 radical (unpaired) electrons. The number of aromatic nitrogens is 1. The molecule has 1 aliphatic carbocycles. The van der Waals surface area contributed by atoms with E-state index in [0.717, 1.165) is 15.5 Å². The van der Waals surface area contributed by atoms with E-state index in [4.69, 9.17) is 11.6 Å². The lowest BCUT2D eigenvalue weighted by Gasteiger charge is -2.40. The number of halogens is 1. The fourth-order valence-electron chi connectivity index (χ4n) is 3.99. The molecule has 0 saturated heterocycles. The molecule has 5 rings (SSSR count). The largest absolute Gasteiger partial charge is 0.326 e. The van der Waals surface area contributed by atoms with Gasteiger partial charge in [-0.25, -0.2) is 9.78 Å². The Hall–Kier alpha value is -3.20. The molecule has 2 aliphatic rings. The molecule has 0 bridgehead atoms. The van der Waals surface area contributed by atoms with Crippen molar-refractivity contribution in [1.82, 2.24) is 4.98 Å². The molecule has 0 saturated carbocycles. The lowest BCUT2D eigenvalue weighted by atomic mass is 10.1. The van der Waals surface area contributed by atoms with Gasteiger partial charge in [0.05, 0.1) is 27.3 Å². The number of fused-ring (bicyclic) bond motifs is 2. The van der Waals surface area contributed by atoms with Crippen LogP contribution in [0.3, 0.4) is 0 Å². The van der Waals surface area contributed by atoms with E-state index in [-0.39, 0.29) is 28.5 Å². The Morgan fingerprint density at radius 2 is 1.89 bits per heavy atom. The molecule has 2 heterocycles. The van der Waals surface area contributed by atoms with Gasteiger partial charge in [0.15, 0.2) is 0 Å². The summed E-state index contributed by atoms with van der Waals surface area (Å²) in [6.45, 7) is 1.83. The summed E-state index contributed by atoms with van der Waals surface area (Å²) < 4.78 is 0. The summed E-state index contributed by atoms with van der Waals surface area (Å²) in [5.74, 6) is 0.276. The van der Waals surface area contributed by atoms with E-state index in [9.17, 15) is 9.59 Å². The van der Waals surface area contributed by atoms with Crippen molar-refractivity contribution in [3.05, 3.63) is 96.2 Å². The van der Waals surface area contributed by atoms with Crippen LogP contribution in [0.25, 0.3) is 0 Å². The van der Waals surface area contributed by atoms with Crippen molar-refractivity contribution in [3.8, 4) is 0 Å². The third-order valence-electron chi connectivity index (χ3n) is 5.71. The average Bonchev–Trinajstić information content (AvgIpc) is 2.88. The molecule has 3 atom stereocenters. The first-order chi connectivity index (χ1) is 17.5. The molecule has 2 N–H and O–H groups in total. The molecule has 3 aromatic rings. The van der Waals surface area contributed by atoms with Gasteiger partial charge in [0.25, 0.3) is 0 Å². The number of nitrogens with one attached hydrogen (secondary N) is 2. The summed E-state index contributed by atoms with van der Waals surface area (Å²) in [5.41, 5.74) is 1.56. The number of carbonyl (C=O) groups is 2. The van der Waals surface area contributed by atoms with Crippen LogP contribution in [-0.4, -0.2) is 33.5 Å². The highest BCUT2D eigenvalue weighted by Gasteiger charge is 2.36. The molecule has 1 aromatic heterocycles. The normalized spacial score (nSPS) is 18.7. The number of benzene rings is 2. The molecule has 36 heavy (non-hydrogen) atoms. The number of allylic oxidation sites excluding steroid dienone is 2. The van der Waals surface area contributed by atoms with Crippen LogP contribution in [0.1, 0.15) is 6.92 Å². The lowest BCUT2D eigenvalue weighted by Crippen LogP contribution is -2.49. The van der Waals surface area contributed by atoms with Gasteiger partial charge in [-0.05, 0) is 49.4 Å². The Labute approximate surface area is 223 Å². The molecule has 2 aromatic carbocycles. The number of para-hydroxylation sites is 1. The van der Waals surface area contributed by atoms with E-state index in [1.807, 2.05) is 72.5 Å². The topological polar surface area (TPSA) is 74.3 Å². The van der Waals surface area contributed by atoms with Crippen molar-refractivity contribution >= 4 is 64.3 Å². The summed E-state index contributed by atoms with van der Waals surface area (Å²) in [7, 11) is 0. The SMILES string of the molecule is CC(Sc1cccc(NC(=O)N2c3ccccc3SC3C=CC=CC32)c1)C(=O)Nc1ccc(Cl)cn1. The molecular weight excluding hydrogens is 512 g/mol. The van der Waals surface area contributed by atoms with E-state index >= 15 is 0 Å². The minimum absolute atomic E-state index is 0.0716. The number of thioether (sulfide) groups is 2. The zero-order valence-electron chi connectivity index (χ0n) is 19.3. The molecule has 1 aliphatic heterocycles. The highest BCUT2D eigenvalue weighted by Crippen LogP contribution is 2.43. The monoisotopic (exact) mass is 534 g/mol. The van der Waals surface area contributed by atoms with Crippen LogP contribution >= 0.6 is 35.1 Å². The van der Waals surface area contributed by atoms with Gasteiger partial charge in [0.2, 0.25) is 5.91 Å². The van der Waals surface area contributed by atoms with E-state index in [2.05, 4.69) is 27.8 Å². The maximum atomic E-state index is 13.5. The van der Waals surface area contributed by atoms with Gasteiger partial charge in [-0.15, -0.1) is 23.5 Å². The zero-order chi connectivity index (χ0) is 25.1. The third-order valence-corrected chi connectivity index (χ3v) is 8.33. The van der Waals surface area contributed by atoms with Gasteiger partial charge in [0, 0.05) is 21.7 Å². The number of carbonyl (C=O) groups excluding carboxylic acids is 2. The summed E-state index contributed by atoms with van der Waals surface area (Å²) in [4.78, 5) is 34.0. The standard InChI is InChI=1S/C27H23ClN4O2S2/c1-17(26(33)31-25-14-13-18(28)16-29-25)35-20-8-6-7-19(15-20)30-27(34)32-21-9-2-4-11-23(21)36-24-12-5-3-10-22(24)32/h2-17,21,23H,1H3,(H,30,34)(H,29,31,33). The van der Waals surface area contributed by atoms with Crippen LogP contribution in [-0.2, 0) is 4.79 Å². The van der Waals surface area contributed by atoms with Crippen molar-refractivity contribution in [2.24, 2.45) is 0 Å². The summed E-state index contributed by atoms with van der Waals surface area (Å²) >= 11 is 9.03. The van der Waals surface area contributed by atoms with Crippen molar-refractivity contribution < 1.29 is 9.59 Å². The molecule has 0 fully saturated rings. The highest BCUT2D eigenvalue weighted by molar-refractivity contribution is 8.00. The summed E-state index contributed by atoms with van der Waals surface area (Å²) in [5, 5.41) is 6.14. The molecule has 9 heteroatoms. The molecule has 3 amide bonds. The van der Waals surface area contributed by atoms with E-state index in [0.29, 0.717) is 16.5 Å². The second-order valence-corrected chi connectivity index (χ2v) is 11.3. The maximum absolute atomic E-state index is 13.5. The molecule has 0 spiro atoms. The number of rotatable bonds is 5. The first-order valence-corrected chi connectivity index (χ1v) is 13.5. The van der Waals surface area contributed by atoms with E-state index in [1.165, 1.54) is 18.0 Å². The van der Waals surface area contributed by atoms with Gasteiger partial charge < -0.3 is 10.6 Å². The molecule has 3 unspecified atom stereocenters. The van der Waals surface area contributed by atoms with E-state index in [1.54, 1.807) is 23.9 Å². The number of urea groups is 1. The number of hydrogen-bond donors (Lipinski definition) is 2. The van der Waals surface area contributed by atoms with Crippen LogP contribution in [0.2, 0.25) is 5.02 Å². The first-order valence-electron chi connectivity index (χ1n) is 11.4. The van der Waals surface area contributed by atoms with Gasteiger partial charge in [0.1, 0.15) is 5.82 Å². The quantitative estimate of drug-likeness (QED) is 0.350. The smallest absolute Gasteiger partial charge is 0.310 e. The van der Waals surface area contributed by atoms with Crippen molar-refractivity contribution in [3.63, 3.8) is 0 Å². The number of nitrogens with zero attached hydrogens (tertiary/aromatic N) is 2. The second kappa shape index (κ2) is 10.8. The Morgan fingerprint density at radius 3 is 2.72 bits per heavy atom. The number of anilines is 3. The Bertz CT molecular complexity index is 1350. The number of hydrogen-bond acceptors (Lipinski definition) is 5.